The molecular formula is C17H20ClN5O3S. The summed E-state index contributed by atoms with van der Waals surface area (Å²) in [6.07, 6.45) is 0.660. The molecule has 2 aromatic rings. The van der Waals surface area contributed by atoms with Crippen molar-refractivity contribution in [2.45, 2.75) is 6.42 Å². The Morgan fingerprint density at radius 3 is 2.67 bits per heavy atom. The molecule has 3 N–H and O–H groups in total. The minimum absolute atomic E-state index is 0.267. The molecule has 1 fully saturated rings. The fraction of sp³-hybridized carbons (Fsp3) is 0.353. The van der Waals surface area contributed by atoms with Crippen molar-refractivity contribution in [2.24, 2.45) is 0 Å². The minimum Gasteiger partial charge on any atom is -0.378 e. The lowest BCUT2D eigenvalue weighted by Gasteiger charge is -2.25. The lowest BCUT2D eigenvalue weighted by atomic mass is 10.1. The lowest BCUT2D eigenvalue weighted by molar-refractivity contribution is 0.0932. The molecule has 0 aliphatic carbocycles. The van der Waals surface area contributed by atoms with Crippen LogP contribution in [0.4, 0.5) is 9.93 Å². The van der Waals surface area contributed by atoms with Crippen molar-refractivity contribution in [1.29, 1.82) is 0 Å². The number of amides is 3. The molecule has 0 unspecified atom stereocenters. The van der Waals surface area contributed by atoms with Crippen LogP contribution in [0.5, 0.6) is 0 Å². The van der Waals surface area contributed by atoms with Gasteiger partial charge in [0.05, 0.1) is 13.2 Å². The predicted molar refractivity (Wildman–Crippen MR) is 104 cm³/mol. The maximum absolute atomic E-state index is 12.1. The molecular weight excluding hydrogens is 390 g/mol. The Hall–Kier alpha value is -2.36. The van der Waals surface area contributed by atoms with E-state index in [1.54, 1.807) is 17.5 Å². The molecule has 144 valence electrons. The van der Waals surface area contributed by atoms with E-state index >= 15 is 0 Å². The van der Waals surface area contributed by atoms with Crippen LogP contribution in [0.25, 0.3) is 0 Å². The van der Waals surface area contributed by atoms with Gasteiger partial charge in [-0.1, -0.05) is 23.7 Å². The molecule has 0 spiro atoms. The number of morpholine rings is 1. The van der Waals surface area contributed by atoms with Crippen molar-refractivity contribution in [3.05, 3.63) is 45.9 Å². The van der Waals surface area contributed by atoms with Crippen LogP contribution in [0, 0.1) is 0 Å². The van der Waals surface area contributed by atoms with Crippen molar-refractivity contribution >= 4 is 40.0 Å². The minimum atomic E-state index is -0.485. The number of benzene rings is 1. The molecule has 1 aliphatic heterocycles. The Morgan fingerprint density at radius 2 is 1.93 bits per heavy atom. The van der Waals surface area contributed by atoms with Crippen molar-refractivity contribution in [3.8, 4) is 0 Å². The number of anilines is 1. The predicted octanol–water partition coefficient (Wildman–Crippen LogP) is 1.82. The van der Waals surface area contributed by atoms with E-state index in [0.717, 1.165) is 23.8 Å². The SMILES string of the molecule is O=C(NCCc1ccc(Cl)cc1)NNC(=O)c1csc(N2CCOCC2)n1. The van der Waals surface area contributed by atoms with Crippen molar-refractivity contribution in [3.63, 3.8) is 0 Å². The average Bonchev–Trinajstić information content (AvgIpc) is 3.19. The van der Waals surface area contributed by atoms with Crippen LogP contribution in [-0.2, 0) is 11.2 Å². The number of ether oxygens (including phenoxy) is 1. The number of hydrogen-bond donors (Lipinski definition) is 3. The van der Waals surface area contributed by atoms with Crippen LogP contribution in [0.15, 0.2) is 29.6 Å². The van der Waals surface area contributed by atoms with Gasteiger partial charge >= 0.3 is 6.03 Å². The normalized spacial score (nSPS) is 13.9. The molecule has 2 heterocycles. The fourth-order valence-corrected chi connectivity index (χ4v) is 3.45. The molecule has 10 heteroatoms. The number of nitrogens with zero attached hydrogens (tertiary/aromatic N) is 2. The molecule has 0 bridgehead atoms. The highest BCUT2D eigenvalue weighted by molar-refractivity contribution is 7.13. The average molecular weight is 410 g/mol. The van der Waals surface area contributed by atoms with E-state index in [-0.39, 0.29) is 5.69 Å². The zero-order valence-corrected chi connectivity index (χ0v) is 16.1. The van der Waals surface area contributed by atoms with E-state index in [4.69, 9.17) is 16.3 Å². The number of carbonyl (C=O) groups excluding carboxylic acids is 2. The summed E-state index contributed by atoms with van der Waals surface area (Å²) in [5.74, 6) is -0.460. The molecule has 3 amide bonds. The summed E-state index contributed by atoms with van der Waals surface area (Å²) in [5.41, 5.74) is 6.00. The number of hydrazine groups is 1. The van der Waals surface area contributed by atoms with E-state index in [2.05, 4.69) is 26.1 Å². The molecule has 27 heavy (non-hydrogen) atoms. The fourth-order valence-electron chi connectivity index (χ4n) is 2.46. The first-order valence-corrected chi connectivity index (χ1v) is 9.74. The van der Waals surface area contributed by atoms with E-state index in [1.165, 1.54) is 11.3 Å². The van der Waals surface area contributed by atoms with Crippen LogP contribution < -0.4 is 21.1 Å². The summed E-state index contributed by atoms with van der Waals surface area (Å²) in [7, 11) is 0. The third-order valence-electron chi connectivity index (χ3n) is 3.91. The highest BCUT2D eigenvalue weighted by Crippen LogP contribution is 2.21. The second kappa shape index (κ2) is 9.54. The Kier molecular flexibility index (Phi) is 6.86. The number of hydrogen-bond acceptors (Lipinski definition) is 6. The van der Waals surface area contributed by atoms with Gasteiger partial charge in [-0.3, -0.25) is 10.2 Å². The standard InChI is InChI=1S/C17H20ClN5O3S/c18-13-3-1-12(2-4-13)5-6-19-16(25)22-21-15(24)14-11-27-17(20-14)23-7-9-26-10-8-23/h1-4,11H,5-10H2,(H,21,24)(H2,19,22,25). The van der Waals surface area contributed by atoms with Crippen molar-refractivity contribution in [1.82, 2.24) is 21.2 Å². The zero-order valence-electron chi connectivity index (χ0n) is 14.5. The van der Waals surface area contributed by atoms with E-state index in [9.17, 15) is 9.59 Å². The number of thiazole rings is 1. The number of nitrogens with one attached hydrogen (secondary N) is 3. The van der Waals surface area contributed by atoms with Crippen LogP contribution >= 0.6 is 22.9 Å². The third-order valence-corrected chi connectivity index (χ3v) is 5.06. The number of rotatable bonds is 5. The van der Waals surface area contributed by atoms with E-state index in [1.807, 2.05) is 12.1 Å². The first kappa shape index (κ1) is 19.4. The Morgan fingerprint density at radius 1 is 1.19 bits per heavy atom. The summed E-state index contributed by atoms with van der Waals surface area (Å²) in [6.45, 7) is 3.24. The van der Waals surface area contributed by atoms with Gasteiger partial charge in [-0.25, -0.2) is 15.2 Å². The molecule has 8 nitrogen and oxygen atoms in total. The molecule has 0 saturated carbocycles. The molecule has 1 saturated heterocycles. The van der Waals surface area contributed by atoms with Gasteiger partial charge < -0.3 is 15.0 Å². The van der Waals surface area contributed by atoms with E-state index < -0.39 is 11.9 Å². The van der Waals surface area contributed by atoms with Gasteiger partial charge in [0.25, 0.3) is 5.91 Å². The molecule has 1 aliphatic rings. The Bertz CT molecular complexity index is 777. The number of carbonyl (C=O) groups is 2. The summed E-state index contributed by atoms with van der Waals surface area (Å²) in [4.78, 5) is 30.3. The molecule has 0 atom stereocenters. The maximum Gasteiger partial charge on any atom is 0.333 e. The Balaban J connectivity index is 1.38. The second-order valence-corrected chi connectivity index (χ2v) is 7.10. The second-order valence-electron chi connectivity index (χ2n) is 5.83. The van der Waals surface area contributed by atoms with Crippen LogP contribution in [-0.4, -0.2) is 49.8 Å². The Labute approximate surface area is 165 Å². The summed E-state index contributed by atoms with van der Waals surface area (Å²) >= 11 is 7.22. The number of aromatic nitrogens is 1. The smallest absolute Gasteiger partial charge is 0.333 e. The van der Waals surface area contributed by atoms with Gasteiger partial charge in [-0.05, 0) is 24.1 Å². The van der Waals surface area contributed by atoms with Crippen molar-refractivity contribution in [2.75, 3.05) is 37.7 Å². The summed E-state index contributed by atoms with van der Waals surface area (Å²) in [5, 5.41) is 5.78. The monoisotopic (exact) mass is 409 g/mol. The van der Waals surface area contributed by atoms with Crippen LogP contribution in [0.2, 0.25) is 5.02 Å². The lowest BCUT2D eigenvalue weighted by Crippen LogP contribution is -2.47. The highest BCUT2D eigenvalue weighted by Gasteiger charge is 2.17. The van der Waals surface area contributed by atoms with E-state index in [0.29, 0.717) is 31.2 Å². The first-order valence-electron chi connectivity index (χ1n) is 8.48. The first-order chi connectivity index (χ1) is 13.1. The topological polar surface area (TPSA) is 95.6 Å². The highest BCUT2D eigenvalue weighted by atomic mass is 35.5. The van der Waals surface area contributed by atoms with Gasteiger partial charge in [0.15, 0.2) is 5.13 Å². The maximum atomic E-state index is 12.1. The molecule has 0 radical (unpaired) electrons. The van der Waals surface area contributed by atoms with Gasteiger partial charge in [0, 0.05) is 30.0 Å². The zero-order chi connectivity index (χ0) is 19.1. The van der Waals surface area contributed by atoms with Crippen molar-refractivity contribution < 1.29 is 14.3 Å². The third kappa shape index (κ3) is 5.81. The molecule has 3 rings (SSSR count). The summed E-state index contributed by atoms with van der Waals surface area (Å²) in [6, 6.07) is 6.92. The summed E-state index contributed by atoms with van der Waals surface area (Å²) < 4.78 is 5.30. The van der Waals surface area contributed by atoms with Crippen LogP contribution in [0.3, 0.4) is 0 Å². The molecule has 1 aromatic heterocycles. The van der Waals surface area contributed by atoms with Gasteiger partial charge in [-0.2, -0.15) is 0 Å². The molecule has 1 aromatic carbocycles. The number of urea groups is 1. The van der Waals surface area contributed by atoms with Gasteiger partial charge in [0.2, 0.25) is 0 Å². The number of halogens is 1. The van der Waals surface area contributed by atoms with Crippen LogP contribution in [0.1, 0.15) is 16.1 Å². The largest absolute Gasteiger partial charge is 0.378 e. The van der Waals surface area contributed by atoms with Gasteiger partial charge in [0.1, 0.15) is 5.69 Å². The van der Waals surface area contributed by atoms with Gasteiger partial charge in [-0.15, -0.1) is 11.3 Å². The quantitative estimate of drug-likeness (QED) is 0.655.